The van der Waals surface area contributed by atoms with Crippen LogP contribution in [0.25, 0.3) is 11.0 Å². The van der Waals surface area contributed by atoms with E-state index < -0.39 is 6.10 Å². The minimum absolute atomic E-state index is 0.294. The number of furan rings is 1. The lowest BCUT2D eigenvalue weighted by Gasteiger charge is -2.06. The van der Waals surface area contributed by atoms with E-state index in [9.17, 15) is 9.50 Å². The molecule has 1 aromatic carbocycles. The molecule has 3 rings (SSSR count). The molecule has 1 atom stereocenters. The molecule has 0 aliphatic carbocycles. The van der Waals surface area contributed by atoms with E-state index in [0.717, 1.165) is 12.8 Å². The van der Waals surface area contributed by atoms with E-state index >= 15 is 0 Å². The van der Waals surface area contributed by atoms with Crippen LogP contribution in [0.2, 0.25) is 0 Å². The molecule has 0 bridgehead atoms. The topological polar surface area (TPSA) is 33.4 Å². The van der Waals surface area contributed by atoms with Gasteiger partial charge in [0.15, 0.2) is 0 Å². The molecule has 1 unspecified atom stereocenters. The van der Waals surface area contributed by atoms with Crippen LogP contribution in [0.4, 0.5) is 4.39 Å². The first-order valence-corrected chi connectivity index (χ1v) is 7.50. The Kier molecular flexibility index (Phi) is 3.85. The lowest BCUT2D eigenvalue weighted by molar-refractivity contribution is 0.140. The van der Waals surface area contributed by atoms with Crippen molar-refractivity contribution in [3.63, 3.8) is 0 Å². The second-order valence-electron chi connectivity index (χ2n) is 4.82. The Morgan fingerprint density at radius 3 is 2.95 bits per heavy atom. The smallest absolute Gasteiger partial charge is 0.134 e. The monoisotopic (exact) mass is 290 g/mol. The fourth-order valence-corrected chi connectivity index (χ4v) is 3.02. The minimum atomic E-state index is -0.634. The summed E-state index contributed by atoms with van der Waals surface area (Å²) in [4.78, 5) is 1.32. The van der Waals surface area contributed by atoms with E-state index in [0.29, 0.717) is 23.2 Å². The summed E-state index contributed by atoms with van der Waals surface area (Å²) in [5.41, 5.74) is 0.610. The molecule has 0 aliphatic heterocycles. The number of hydrogen-bond donors (Lipinski definition) is 1. The Morgan fingerprint density at radius 1 is 1.25 bits per heavy atom. The van der Waals surface area contributed by atoms with Crippen molar-refractivity contribution in [2.45, 2.75) is 25.4 Å². The van der Waals surface area contributed by atoms with Gasteiger partial charge in [0, 0.05) is 10.3 Å². The number of aliphatic hydroxyl groups excluding tert-OH is 1. The fraction of sp³-hybridized carbons (Fsp3) is 0.250. The van der Waals surface area contributed by atoms with Gasteiger partial charge in [0.05, 0.1) is 0 Å². The van der Waals surface area contributed by atoms with Crippen LogP contribution in [0.15, 0.2) is 46.2 Å². The minimum Gasteiger partial charge on any atom is -0.458 e. The van der Waals surface area contributed by atoms with Crippen LogP contribution in [0.5, 0.6) is 0 Å². The van der Waals surface area contributed by atoms with Crippen LogP contribution in [0.1, 0.15) is 29.6 Å². The maximum Gasteiger partial charge on any atom is 0.134 e. The Bertz CT molecular complexity index is 688. The molecular weight excluding hydrogens is 275 g/mol. The van der Waals surface area contributed by atoms with Crippen LogP contribution in [0.3, 0.4) is 0 Å². The number of aliphatic hydroxyl groups is 1. The maximum absolute atomic E-state index is 13.1. The third-order valence-electron chi connectivity index (χ3n) is 3.31. The van der Waals surface area contributed by atoms with E-state index in [1.807, 2.05) is 6.07 Å². The normalized spacial score (nSPS) is 12.9. The number of fused-ring (bicyclic) bond motifs is 1. The quantitative estimate of drug-likeness (QED) is 0.739. The van der Waals surface area contributed by atoms with E-state index in [4.69, 9.17) is 4.42 Å². The van der Waals surface area contributed by atoms with Gasteiger partial charge in [0.2, 0.25) is 0 Å². The largest absolute Gasteiger partial charge is 0.458 e. The van der Waals surface area contributed by atoms with Crippen molar-refractivity contribution in [3.05, 3.63) is 58.2 Å². The lowest BCUT2D eigenvalue weighted by atomic mass is 10.1. The van der Waals surface area contributed by atoms with Crippen LogP contribution in [0, 0.1) is 5.82 Å². The van der Waals surface area contributed by atoms with E-state index in [1.165, 1.54) is 17.0 Å². The summed E-state index contributed by atoms with van der Waals surface area (Å²) in [6.07, 6.45) is 1.86. The van der Waals surface area contributed by atoms with Crippen LogP contribution < -0.4 is 0 Å². The highest BCUT2D eigenvalue weighted by Crippen LogP contribution is 2.27. The van der Waals surface area contributed by atoms with Gasteiger partial charge in [-0.3, -0.25) is 0 Å². The zero-order chi connectivity index (χ0) is 13.9. The summed E-state index contributed by atoms with van der Waals surface area (Å²) in [7, 11) is 0. The first kappa shape index (κ1) is 13.3. The van der Waals surface area contributed by atoms with Crippen molar-refractivity contribution in [1.29, 1.82) is 0 Å². The Balaban J connectivity index is 1.64. The predicted octanol–water partition coefficient (Wildman–Crippen LogP) is 4.69. The van der Waals surface area contributed by atoms with Crippen LogP contribution in [-0.2, 0) is 6.42 Å². The third-order valence-corrected chi connectivity index (χ3v) is 4.24. The predicted molar refractivity (Wildman–Crippen MR) is 78.4 cm³/mol. The average molecular weight is 290 g/mol. The second kappa shape index (κ2) is 5.77. The molecule has 0 fully saturated rings. The van der Waals surface area contributed by atoms with Crippen LogP contribution >= 0.6 is 11.3 Å². The van der Waals surface area contributed by atoms with Gasteiger partial charge in [-0.2, -0.15) is 0 Å². The van der Waals surface area contributed by atoms with E-state index in [1.54, 1.807) is 23.5 Å². The zero-order valence-corrected chi connectivity index (χ0v) is 11.7. The molecule has 4 heteroatoms. The Hall–Kier alpha value is -1.65. The average Bonchev–Trinajstić information content (AvgIpc) is 3.06. The van der Waals surface area contributed by atoms with Crippen molar-refractivity contribution in [3.8, 4) is 0 Å². The number of aryl methyl sites for hydroxylation is 1. The number of rotatable bonds is 5. The summed E-state index contributed by atoms with van der Waals surface area (Å²) >= 11 is 1.73. The summed E-state index contributed by atoms with van der Waals surface area (Å²) in [5, 5.41) is 12.9. The van der Waals surface area contributed by atoms with Crippen LogP contribution in [-0.4, -0.2) is 5.11 Å². The number of hydrogen-bond acceptors (Lipinski definition) is 3. The number of thiophene rings is 1. The van der Waals surface area contributed by atoms with Gasteiger partial charge in [0.1, 0.15) is 23.3 Å². The SMILES string of the molecule is OC(CCCc1cccs1)c1cc2cc(F)ccc2o1. The molecule has 104 valence electrons. The third kappa shape index (κ3) is 2.92. The Labute approximate surface area is 120 Å². The molecule has 0 aliphatic rings. The highest BCUT2D eigenvalue weighted by Gasteiger charge is 2.13. The molecule has 0 saturated heterocycles. The fourth-order valence-electron chi connectivity index (χ4n) is 2.27. The molecule has 1 N–H and O–H groups in total. The van der Waals surface area contributed by atoms with Gasteiger partial charge in [-0.15, -0.1) is 11.3 Å². The first-order valence-electron chi connectivity index (χ1n) is 6.62. The molecule has 0 amide bonds. The number of halogens is 1. The van der Waals surface area contributed by atoms with E-state index in [-0.39, 0.29) is 5.82 Å². The summed E-state index contributed by atoms with van der Waals surface area (Å²) < 4.78 is 18.7. The zero-order valence-electron chi connectivity index (χ0n) is 10.9. The Morgan fingerprint density at radius 2 is 2.15 bits per heavy atom. The highest BCUT2D eigenvalue weighted by molar-refractivity contribution is 7.09. The van der Waals surface area contributed by atoms with Gasteiger partial charge < -0.3 is 9.52 Å². The van der Waals surface area contributed by atoms with Crippen molar-refractivity contribution >= 4 is 22.3 Å². The van der Waals surface area contributed by atoms with Gasteiger partial charge in [0.25, 0.3) is 0 Å². The first-order chi connectivity index (χ1) is 9.72. The lowest BCUT2D eigenvalue weighted by Crippen LogP contribution is -1.96. The van der Waals surface area contributed by atoms with Gasteiger partial charge in [-0.05, 0) is 55.0 Å². The molecular formula is C16H15FO2S. The standard InChI is InChI=1S/C16H15FO2S/c17-12-6-7-15-11(9-12)10-16(19-15)14(18)5-1-3-13-4-2-8-20-13/h2,4,6-10,14,18H,1,3,5H2. The second-order valence-corrected chi connectivity index (χ2v) is 5.85. The molecule has 0 saturated carbocycles. The van der Waals surface area contributed by atoms with Gasteiger partial charge >= 0.3 is 0 Å². The van der Waals surface area contributed by atoms with Crippen molar-refractivity contribution in [1.82, 2.24) is 0 Å². The maximum atomic E-state index is 13.1. The molecule has 3 aromatic rings. The molecule has 2 aromatic heterocycles. The van der Waals surface area contributed by atoms with Gasteiger partial charge in [-0.1, -0.05) is 6.07 Å². The molecule has 20 heavy (non-hydrogen) atoms. The molecule has 0 spiro atoms. The molecule has 2 nitrogen and oxygen atoms in total. The highest BCUT2D eigenvalue weighted by atomic mass is 32.1. The summed E-state index contributed by atoms with van der Waals surface area (Å²) in [5.74, 6) is 0.216. The van der Waals surface area contributed by atoms with E-state index in [2.05, 4.69) is 11.4 Å². The van der Waals surface area contributed by atoms with Gasteiger partial charge in [-0.25, -0.2) is 4.39 Å². The van der Waals surface area contributed by atoms with Crippen molar-refractivity contribution < 1.29 is 13.9 Å². The molecule has 2 heterocycles. The number of benzene rings is 1. The summed E-state index contributed by atoms with van der Waals surface area (Å²) in [6.45, 7) is 0. The summed E-state index contributed by atoms with van der Waals surface area (Å²) in [6, 6.07) is 10.2. The molecule has 0 radical (unpaired) electrons. The van der Waals surface area contributed by atoms with Crippen molar-refractivity contribution in [2.75, 3.05) is 0 Å². The van der Waals surface area contributed by atoms with Crippen molar-refractivity contribution in [2.24, 2.45) is 0 Å².